The van der Waals surface area contributed by atoms with Crippen LogP contribution in [0.2, 0.25) is 0 Å². The van der Waals surface area contributed by atoms with Gasteiger partial charge in [-0.2, -0.15) is 0 Å². The molecule has 8 heteroatoms. The summed E-state index contributed by atoms with van der Waals surface area (Å²) in [5.74, 6) is 0.639. The molecule has 0 radical (unpaired) electrons. The van der Waals surface area contributed by atoms with Crippen LogP contribution in [0.15, 0.2) is 12.4 Å². The standard InChI is InChI=1S/C17H30BN5O2/c1-16(2)17(3,4)25-18(24-16)13-10-20-15(21-11-13)22-12-14-6-5-8-23(14)9-7-19/h10-11,14H,5-9,12,19H2,1-4H3,(H,20,21,22)/t14-/m1/s1. The number of nitrogens with one attached hydrogen (secondary N) is 1. The third kappa shape index (κ3) is 3.97. The van der Waals surface area contributed by atoms with Crippen LogP contribution in [-0.2, 0) is 9.31 Å². The van der Waals surface area contributed by atoms with E-state index in [-0.39, 0.29) is 11.2 Å². The zero-order valence-electron chi connectivity index (χ0n) is 15.8. The Morgan fingerprint density at radius 2 is 1.88 bits per heavy atom. The molecule has 3 heterocycles. The lowest BCUT2D eigenvalue weighted by molar-refractivity contribution is 0.00578. The average molecular weight is 347 g/mol. The van der Waals surface area contributed by atoms with Crippen molar-refractivity contribution in [2.45, 2.75) is 57.8 Å². The van der Waals surface area contributed by atoms with Crippen molar-refractivity contribution in [2.24, 2.45) is 5.73 Å². The molecule has 1 atom stereocenters. The lowest BCUT2D eigenvalue weighted by Crippen LogP contribution is -2.41. The van der Waals surface area contributed by atoms with Gasteiger partial charge in [-0.05, 0) is 47.1 Å². The van der Waals surface area contributed by atoms with Crippen LogP contribution >= 0.6 is 0 Å². The first kappa shape index (κ1) is 18.6. The summed E-state index contributed by atoms with van der Waals surface area (Å²) < 4.78 is 12.1. The van der Waals surface area contributed by atoms with Gasteiger partial charge in [-0.1, -0.05) is 0 Å². The van der Waals surface area contributed by atoms with E-state index in [2.05, 4.69) is 20.2 Å². The van der Waals surface area contributed by atoms with E-state index in [0.29, 0.717) is 18.5 Å². The SMILES string of the molecule is CC1(C)OB(c2cnc(NC[C@H]3CCCN3CCN)nc2)OC1(C)C. The summed E-state index contributed by atoms with van der Waals surface area (Å²) in [6.45, 7) is 11.8. The number of rotatable bonds is 6. The summed E-state index contributed by atoms with van der Waals surface area (Å²) in [6.07, 6.45) is 5.99. The molecular weight excluding hydrogens is 317 g/mol. The molecule has 2 fully saturated rings. The van der Waals surface area contributed by atoms with Crippen molar-refractivity contribution in [1.29, 1.82) is 0 Å². The van der Waals surface area contributed by atoms with E-state index in [0.717, 1.165) is 25.1 Å². The lowest BCUT2D eigenvalue weighted by Gasteiger charge is -2.32. The van der Waals surface area contributed by atoms with Crippen molar-refractivity contribution in [3.8, 4) is 0 Å². The minimum Gasteiger partial charge on any atom is -0.399 e. The van der Waals surface area contributed by atoms with Gasteiger partial charge in [0.2, 0.25) is 5.95 Å². The van der Waals surface area contributed by atoms with E-state index in [1.165, 1.54) is 12.8 Å². The Bertz CT molecular complexity index is 565. The molecule has 0 amide bonds. The third-order valence-corrected chi connectivity index (χ3v) is 5.61. The summed E-state index contributed by atoms with van der Waals surface area (Å²) >= 11 is 0. The van der Waals surface area contributed by atoms with Crippen molar-refractivity contribution in [3.63, 3.8) is 0 Å². The molecular formula is C17H30BN5O2. The summed E-state index contributed by atoms with van der Waals surface area (Å²) in [5, 5.41) is 3.34. The molecule has 2 aliphatic heterocycles. The highest BCUT2D eigenvalue weighted by Gasteiger charge is 2.51. The smallest absolute Gasteiger partial charge is 0.399 e. The molecule has 0 spiro atoms. The molecule has 138 valence electrons. The largest absolute Gasteiger partial charge is 0.498 e. The minimum absolute atomic E-state index is 0.358. The molecule has 0 bridgehead atoms. The highest BCUT2D eigenvalue weighted by Crippen LogP contribution is 2.36. The fourth-order valence-electron chi connectivity index (χ4n) is 3.33. The number of nitrogens with two attached hydrogens (primary N) is 1. The zero-order valence-corrected chi connectivity index (χ0v) is 15.8. The first-order chi connectivity index (χ1) is 11.8. The van der Waals surface area contributed by atoms with Gasteiger partial charge >= 0.3 is 7.12 Å². The quantitative estimate of drug-likeness (QED) is 0.730. The van der Waals surface area contributed by atoms with Crippen LogP contribution in [0.4, 0.5) is 5.95 Å². The monoisotopic (exact) mass is 347 g/mol. The lowest BCUT2D eigenvalue weighted by atomic mass is 9.81. The van der Waals surface area contributed by atoms with E-state index in [4.69, 9.17) is 15.0 Å². The molecule has 0 saturated carbocycles. The second-order valence-electron chi connectivity index (χ2n) is 7.93. The van der Waals surface area contributed by atoms with Crippen LogP contribution in [0.5, 0.6) is 0 Å². The average Bonchev–Trinajstić information content (AvgIpc) is 3.08. The number of nitrogens with zero attached hydrogens (tertiary/aromatic N) is 3. The van der Waals surface area contributed by atoms with Crippen LogP contribution in [0, 0.1) is 0 Å². The first-order valence-corrected chi connectivity index (χ1v) is 9.18. The highest BCUT2D eigenvalue weighted by atomic mass is 16.7. The van der Waals surface area contributed by atoms with Crippen LogP contribution < -0.4 is 16.5 Å². The topological polar surface area (TPSA) is 85.5 Å². The Kier molecular flexibility index (Phi) is 5.34. The molecule has 3 N–H and O–H groups in total. The first-order valence-electron chi connectivity index (χ1n) is 9.18. The molecule has 3 rings (SSSR count). The van der Waals surface area contributed by atoms with Gasteiger partial charge in [0.05, 0.1) is 11.2 Å². The Labute approximate surface area is 150 Å². The molecule has 2 aliphatic rings. The summed E-state index contributed by atoms with van der Waals surface area (Å²) in [4.78, 5) is 11.3. The maximum absolute atomic E-state index is 6.03. The van der Waals surface area contributed by atoms with E-state index < -0.39 is 7.12 Å². The van der Waals surface area contributed by atoms with Crippen LogP contribution in [0.25, 0.3) is 0 Å². The van der Waals surface area contributed by atoms with Gasteiger partial charge < -0.3 is 20.4 Å². The number of hydrogen-bond donors (Lipinski definition) is 2. The van der Waals surface area contributed by atoms with E-state index in [1.54, 1.807) is 12.4 Å². The van der Waals surface area contributed by atoms with Crippen LogP contribution in [0.1, 0.15) is 40.5 Å². The summed E-state index contributed by atoms with van der Waals surface area (Å²) in [7, 11) is -0.422. The van der Waals surface area contributed by atoms with Crippen LogP contribution in [0.3, 0.4) is 0 Å². The number of aromatic nitrogens is 2. The number of likely N-dealkylation sites (tertiary alicyclic amines) is 1. The summed E-state index contributed by atoms with van der Waals surface area (Å²) in [5.41, 5.74) is 5.81. The van der Waals surface area contributed by atoms with Gasteiger partial charge in [0, 0.05) is 43.5 Å². The zero-order chi connectivity index (χ0) is 18.1. The Balaban J connectivity index is 1.56. The van der Waals surface area contributed by atoms with Gasteiger partial charge in [0.1, 0.15) is 0 Å². The molecule has 7 nitrogen and oxygen atoms in total. The van der Waals surface area contributed by atoms with Crippen molar-refractivity contribution >= 4 is 18.5 Å². The number of hydrogen-bond acceptors (Lipinski definition) is 7. The van der Waals surface area contributed by atoms with Crippen molar-refractivity contribution in [1.82, 2.24) is 14.9 Å². The van der Waals surface area contributed by atoms with Gasteiger partial charge in [0.15, 0.2) is 0 Å². The normalized spacial score (nSPS) is 25.5. The Morgan fingerprint density at radius 1 is 1.24 bits per heavy atom. The Morgan fingerprint density at radius 3 is 2.48 bits per heavy atom. The predicted octanol–water partition coefficient (Wildman–Crippen LogP) is 0.611. The van der Waals surface area contributed by atoms with E-state index >= 15 is 0 Å². The second-order valence-corrected chi connectivity index (χ2v) is 7.93. The maximum atomic E-state index is 6.03. The van der Waals surface area contributed by atoms with Gasteiger partial charge in [-0.3, -0.25) is 4.90 Å². The fraction of sp³-hybridized carbons (Fsp3) is 0.765. The maximum Gasteiger partial charge on any atom is 0.498 e. The molecule has 25 heavy (non-hydrogen) atoms. The summed E-state index contributed by atoms with van der Waals surface area (Å²) in [6, 6.07) is 0.509. The van der Waals surface area contributed by atoms with Gasteiger partial charge in [0.25, 0.3) is 0 Å². The molecule has 1 aromatic heterocycles. The minimum atomic E-state index is -0.422. The predicted molar refractivity (Wildman–Crippen MR) is 99.9 cm³/mol. The third-order valence-electron chi connectivity index (χ3n) is 5.61. The molecule has 0 aromatic carbocycles. The number of anilines is 1. The van der Waals surface area contributed by atoms with Crippen LogP contribution in [-0.4, -0.2) is 65.4 Å². The van der Waals surface area contributed by atoms with E-state index in [9.17, 15) is 0 Å². The molecule has 0 unspecified atom stereocenters. The van der Waals surface area contributed by atoms with E-state index in [1.807, 2.05) is 27.7 Å². The van der Waals surface area contributed by atoms with Gasteiger partial charge in [-0.15, -0.1) is 0 Å². The van der Waals surface area contributed by atoms with Crippen molar-refractivity contribution < 1.29 is 9.31 Å². The van der Waals surface area contributed by atoms with Crippen molar-refractivity contribution in [2.75, 3.05) is 31.5 Å². The Hall–Kier alpha value is -1.22. The fourth-order valence-corrected chi connectivity index (χ4v) is 3.33. The van der Waals surface area contributed by atoms with Crippen molar-refractivity contribution in [3.05, 3.63) is 12.4 Å². The van der Waals surface area contributed by atoms with Gasteiger partial charge in [-0.25, -0.2) is 9.97 Å². The molecule has 0 aliphatic carbocycles. The second kappa shape index (κ2) is 7.19. The highest BCUT2D eigenvalue weighted by molar-refractivity contribution is 6.61. The molecule has 2 saturated heterocycles. The molecule has 1 aromatic rings.